The van der Waals surface area contributed by atoms with Crippen LogP contribution in [0.15, 0.2) is 6.07 Å². The summed E-state index contributed by atoms with van der Waals surface area (Å²) >= 11 is 0. The molecule has 1 rings (SSSR count). The monoisotopic (exact) mass is 253 g/mol. The van der Waals surface area contributed by atoms with Crippen LogP contribution < -0.4 is 14.8 Å². The Kier molecular flexibility index (Phi) is 4.97. The third-order valence-corrected chi connectivity index (χ3v) is 2.91. The normalized spacial score (nSPS) is 10.1. The lowest BCUT2D eigenvalue weighted by atomic mass is 10.0. The number of hydrogen-bond acceptors (Lipinski definition) is 4. The van der Waals surface area contributed by atoms with Gasteiger partial charge in [-0.15, -0.1) is 0 Å². The molecule has 0 spiro atoms. The number of aliphatic hydroxyl groups is 1. The second-order valence-corrected chi connectivity index (χ2v) is 3.96. The van der Waals surface area contributed by atoms with Crippen molar-refractivity contribution >= 4 is 5.91 Å². The quantitative estimate of drug-likeness (QED) is 0.819. The SMILES string of the molecule is COc1cc(CNC(=O)CO)c(OC)c(C)c1C. The first-order valence-corrected chi connectivity index (χ1v) is 5.63. The standard InChI is InChI=1S/C13H19NO4/c1-8-9(2)13(18-4)10(5-11(8)17-3)6-14-12(16)7-15/h5,15H,6-7H2,1-4H3,(H,14,16). The zero-order valence-electron chi connectivity index (χ0n) is 11.2. The minimum Gasteiger partial charge on any atom is -0.496 e. The van der Waals surface area contributed by atoms with Crippen LogP contribution in [-0.4, -0.2) is 31.8 Å². The zero-order chi connectivity index (χ0) is 13.7. The van der Waals surface area contributed by atoms with Crippen molar-refractivity contribution in [2.45, 2.75) is 20.4 Å². The first kappa shape index (κ1) is 14.3. The molecular formula is C13H19NO4. The van der Waals surface area contributed by atoms with Crippen LogP contribution in [-0.2, 0) is 11.3 Å². The summed E-state index contributed by atoms with van der Waals surface area (Å²) in [6, 6.07) is 1.83. The van der Waals surface area contributed by atoms with Crippen LogP contribution in [0.4, 0.5) is 0 Å². The molecule has 0 radical (unpaired) electrons. The van der Waals surface area contributed by atoms with E-state index in [1.54, 1.807) is 14.2 Å². The zero-order valence-corrected chi connectivity index (χ0v) is 11.2. The van der Waals surface area contributed by atoms with E-state index in [2.05, 4.69) is 5.32 Å². The van der Waals surface area contributed by atoms with Crippen LogP contribution in [0.2, 0.25) is 0 Å². The highest BCUT2D eigenvalue weighted by Gasteiger charge is 2.14. The molecule has 0 aliphatic heterocycles. The molecule has 100 valence electrons. The Hall–Kier alpha value is -1.75. The number of methoxy groups -OCH3 is 2. The van der Waals surface area contributed by atoms with E-state index < -0.39 is 12.5 Å². The molecule has 0 aliphatic carbocycles. The molecule has 5 nitrogen and oxygen atoms in total. The summed E-state index contributed by atoms with van der Waals surface area (Å²) in [5, 5.41) is 11.3. The Balaban J connectivity index is 3.09. The van der Waals surface area contributed by atoms with Gasteiger partial charge in [-0.05, 0) is 31.0 Å². The van der Waals surface area contributed by atoms with Gasteiger partial charge in [0.15, 0.2) is 0 Å². The van der Waals surface area contributed by atoms with Gasteiger partial charge in [0.2, 0.25) is 5.91 Å². The summed E-state index contributed by atoms with van der Waals surface area (Å²) in [6.45, 7) is 3.66. The predicted molar refractivity (Wildman–Crippen MR) is 68.0 cm³/mol. The van der Waals surface area contributed by atoms with Gasteiger partial charge in [0.05, 0.1) is 14.2 Å². The summed E-state index contributed by atoms with van der Waals surface area (Å²) in [7, 11) is 3.19. The van der Waals surface area contributed by atoms with Gasteiger partial charge in [-0.2, -0.15) is 0 Å². The van der Waals surface area contributed by atoms with Crippen molar-refractivity contribution < 1.29 is 19.4 Å². The Morgan fingerprint density at radius 3 is 2.44 bits per heavy atom. The highest BCUT2D eigenvalue weighted by Crippen LogP contribution is 2.33. The first-order chi connectivity index (χ1) is 8.54. The molecule has 0 aliphatic rings. The maximum Gasteiger partial charge on any atom is 0.245 e. The summed E-state index contributed by atoms with van der Waals surface area (Å²) in [5.74, 6) is 1.06. The van der Waals surface area contributed by atoms with E-state index in [1.807, 2.05) is 19.9 Å². The number of nitrogens with one attached hydrogen (secondary N) is 1. The smallest absolute Gasteiger partial charge is 0.245 e. The second-order valence-electron chi connectivity index (χ2n) is 3.96. The van der Waals surface area contributed by atoms with E-state index in [1.165, 1.54) is 0 Å². The van der Waals surface area contributed by atoms with Crippen molar-refractivity contribution in [3.05, 3.63) is 22.8 Å². The number of hydrogen-bond donors (Lipinski definition) is 2. The van der Waals surface area contributed by atoms with E-state index in [0.29, 0.717) is 6.54 Å². The molecule has 0 fully saturated rings. The van der Waals surface area contributed by atoms with Crippen molar-refractivity contribution in [1.29, 1.82) is 0 Å². The number of carbonyl (C=O) groups excluding carboxylic acids is 1. The fourth-order valence-electron chi connectivity index (χ4n) is 1.81. The Labute approximate surface area is 107 Å². The van der Waals surface area contributed by atoms with Crippen molar-refractivity contribution in [3.63, 3.8) is 0 Å². The molecule has 2 N–H and O–H groups in total. The lowest BCUT2D eigenvalue weighted by molar-refractivity contribution is -0.123. The summed E-state index contributed by atoms with van der Waals surface area (Å²) in [4.78, 5) is 11.1. The van der Waals surface area contributed by atoms with Crippen LogP contribution >= 0.6 is 0 Å². The number of carbonyl (C=O) groups is 1. The van der Waals surface area contributed by atoms with Gasteiger partial charge >= 0.3 is 0 Å². The van der Waals surface area contributed by atoms with Crippen LogP contribution in [0.3, 0.4) is 0 Å². The molecule has 0 saturated carbocycles. The number of amides is 1. The molecule has 1 aromatic rings. The summed E-state index contributed by atoms with van der Waals surface area (Å²) < 4.78 is 10.6. The second kappa shape index (κ2) is 6.26. The minimum atomic E-state index is -0.524. The molecule has 0 heterocycles. The third-order valence-electron chi connectivity index (χ3n) is 2.91. The molecule has 0 bridgehead atoms. The van der Waals surface area contributed by atoms with Gasteiger partial charge in [0.1, 0.15) is 18.1 Å². The average Bonchev–Trinajstić information content (AvgIpc) is 2.39. The maximum absolute atomic E-state index is 11.1. The van der Waals surface area contributed by atoms with Crippen molar-refractivity contribution in [1.82, 2.24) is 5.32 Å². The van der Waals surface area contributed by atoms with Crippen LogP contribution in [0.25, 0.3) is 0 Å². The molecule has 0 atom stereocenters. The summed E-state index contributed by atoms with van der Waals surface area (Å²) in [6.07, 6.45) is 0. The Bertz CT molecular complexity index is 443. The van der Waals surface area contributed by atoms with Crippen molar-refractivity contribution in [3.8, 4) is 11.5 Å². The van der Waals surface area contributed by atoms with Crippen LogP contribution in [0.1, 0.15) is 16.7 Å². The highest BCUT2D eigenvalue weighted by atomic mass is 16.5. The largest absolute Gasteiger partial charge is 0.496 e. The molecule has 0 aromatic heterocycles. The van der Waals surface area contributed by atoms with Crippen LogP contribution in [0, 0.1) is 13.8 Å². The summed E-state index contributed by atoms with van der Waals surface area (Å²) in [5.41, 5.74) is 2.80. The topological polar surface area (TPSA) is 67.8 Å². The lowest BCUT2D eigenvalue weighted by Gasteiger charge is -2.17. The lowest BCUT2D eigenvalue weighted by Crippen LogP contribution is -2.25. The fraction of sp³-hybridized carbons (Fsp3) is 0.462. The molecule has 1 aromatic carbocycles. The van der Waals surface area contributed by atoms with Gasteiger partial charge in [0.25, 0.3) is 0 Å². The van der Waals surface area contributed by atoms with E-state index in [-0.39, 0.29) is 0 Å². The highest BCUT2D eigenvalue weighted by molar-refractivity contribution is 5.77. The fourth-order valence-corrected chi connectivity index (χ4v) is 1.81. The number of aliphatic hydroxyl groups excluding tert-OH is 1. The third kappa shape index (κ3) is 2.92. The van der Waals surface area contributed by atoms with Gasteiger partial charge in [0, 0.05) is 12.1 Å². The Morgan fingerprint density at radius 1 is 1.28 bits per heavy atom. The van der Waals surface area contributed by atoms with E-state index >= 15 is 0 Å². The minimum absolute atomic E-state index is 0.292. The maximum atomic E-state index is 11.1. The molecule has 0 unspecified atom stereocenters. The number of rotatable bonds is 5. The van der Waals surface area contributed by atoms with E-state index in [9.17, 15) is 4.79 Å². The Morgan fingerprint density at radius 2 is 1.94 bits per heavy atom. The molecular weight excluding hydrogens is 234 g/mol. The molecule has 1 amide bonds. The van der Waals surface area contributed by atoms with Crippen molar-refractivity contribution in [2.24, 2.45) is 0 Å². The predicted octanol–water partition coefficient (Wildman–Crippen LogP) is 0.929. The van der Waals surface area contributed by atoms with E-state index in [0.717, 1.165) is 28.2 Å². The first-order valence-electron chi connectivity index (χ1n) is 5.63. The van der Waals surface area contributed by atoms with Gasteiger partial charge < -0.3 is 19.9 Å². The number of ether oxygens (including phenoxy) is 2. The average molecular weight is 253 g/mol. The van der Waals surface area contributed by atoms with Gasteiger partial charge in [-0.3, -0.25) is 4.79 Å². The number of benzene rings is 1. The van der Waals surface area contributed by atoms with E-state index in [4.69, 9.17) is 14.6 Å². The molecule has 0 saturated heterocycles. The van der Waals surface area contributed by atoms with Crippen molar-refractivity contribution in [2.75, 3.05) is 20.8 Å². The van der Waals surface area contributed by atoms with Gasteiger partial charge in [-0.1, -0.05) is 0 Å². The van der Waals surface area contributed by atoms with Crippen LogP contribution in [0.5, 0.6) is 11.5 Å². The molecule has 5 heteroatoms. The van der Waals surface area contributed by atoms with Gasteiger partial charge in [-0.25, -0.2) is 0 Å². The molecule has 18 heavy (non-hydrogen) atoms.